The summed E-state index contributed by atoms with van der Waals surface area (Å²) in [6.45, 7) is 0. The first-order chi connectivity index (χ1) is 13.3. The van der Waals surface area contributed by atoms with Crippen molar-refractivity contribution in [3.8, 4) is 33.4 Å². The first-order valence-corrected chi connectivity index (χ1v) is 9.53. The highest BCUT2D eigenvalue weighted by atomic mass is 35.5. The van der Waals surface area contributed by atoms with Crippen LogP contribution in [-0.4, -0.2) is 0 Å². The van der Waals surface area contributed by atoms with Crippen LogP contribution in [0.5, 0.6) is 0 Å². The van der Waals surface area contributed by atoms with Crippen molar-refractivity contribution in [1.82, 2.24) is 0 Å². The zero-order valence-corrected chi connectivity index (χ0v) is 15.3. The second-order valence-corrected chi connectivity index (χ2v) is 7.55. The molecule has 0 saturated carbocycles. The van der Waals surface area contributed by atoms with Gasteiger partial charge in [0.2, 0.25) is 0 Å². The largest absolute Gasteiger partial charge is 0.0843 e. The molecule has 0 N–H and O–H groups in total. The molecule has 1 aliphatic rings. The zero-order valence-electron chi connectivity index (χ0n) is 14.5. The van der Waals surface area contributed by atoms with Crippen molar-refractivity contribution in [1.29, 1.82) is 0 Å². The van der Waals surface area contributed by atoms with Crippen LogP contribution >= 0.6 is 11.6 Å². The molecule has 0 spiro atoms. The third-order valence-electron chi connectivity index (χ3n) is 5.65. The van der Waals surface area contributed by atoms with E-state index in [0.29, 0.717) is 0 Å². The lowest BCUT2D eigenvalue weighted by molar-refractivity contribution is 1.62. The van der Waals surface area contributed by atoms with Gasteiger partial charge in [-0.3, -0.25) is 0 Å². The van der Waals surface area contributed by atoms with E-state index >= 15 is 0 Å². The van der Waals surface area contributed by atoms with Gasteiger partial charge in [-0.1, -0.05) is 84.4 Å². The van der Waals surface area contributed by atoms with Gasteiger partial charge in [0.25, 0.3) is 0 Å². The summed E-state index contributed by atoms with van der Waals surface area (Å²) in [6, 6.07) is 32.6. The number of fused-ring (bicyclic) bond motifs is 7. The van der Waals surface area contributed by atoms with Crippen molar-refractivity contribution < 1.29 is 0 Å². The summed E-state index contributed by atoms with van der Waals surface area (Å²) in [5, 5.41) is 5.78. The molecular formula is C26H15Cl. The second-order valence-electron chi connectivity index (χ2n) is 7.11. The summed E-state index contributed by atoms with van der Waals surface area (Å²) in [4.78, 5) is 0. The molecule has 1 heteroatoms. The number of benzene rings is 5. The maximum Gasteiger partial charge on any atom is 0.0412 e. The van der Waals surface area contributed by atoms with Crippen LogP contribution < -0.4 is 0 Å². The minimum Gasteiger partial charge on any atom is -0.0843 e. The molecule has 0 atom stereocenters. The quantitative estimate of drug-likeness (QED) is 0.240. The molecule has 1 aliphatic carbocycles. The molecule has 0 radical (unpaired) electrons. The fourth-order valence-electron chi connectivity index (χ4n) is 4.54. The Morgan fingerprint density at radius 1 is 0.481 bits per heavy atom. The molecular weight excluding hydrogens is 348 g/mol. The summed E-state index contributed by atoms with van der Waals surface area (Å²) in [5.41, 5.74) is 7.69. The second kappa shape index (κ2) is 5.45. The number of halogens is 1. The zero-order chi connectivity index (χ0) is 18.0. The molecule has 0 fully saturated rings. The maximum absolute atomic E-state index is 6.41. The highest BCUT2D eigenvalue weighted by molar-refractivity contribution is 6.32. The molecule has 0 amide bonds. The van der Waals surface area contributed by atoms with Crippen LogP contribution in [0, 0.1) is 0 Å². The molecule has 5 aromatic carbocycles. The van der Waals surface area contributed by atoms with E-state index in [4.69, 9.17) is 11.6 Å². The topological polar surface area (TPSA) is 0 Å². The molecule has 126 valence electrons. The molecule has 0 nitrogen and oxygen atoms in total. The van der Waals surface area contributed by atoms with Gasteiger partial charge in [0.05, 0.1) is 0 Å². The first kappa shape index (κ1) is 15.0. The van der Waals surface area contributed by atoms with Gasteiger partial charge >= 0.3 is 0 Å². The van der Waals surface area contributed by atoms with Gasteiger partial charge in [0, 0.05) is 5.02 Å². The van der Waals surface area contributed by atoms with Crippen molar-refractivity contribution in [2.75, 3.05) is 0 Å². The molecule has 0 aromatic heterocycles. The Morgan fingerprint density at radius 3 is 1.89 bits per heavy atom. The van der Waals surface area contributed by atoms with Crippen molar-refractivity contribution in [3.05, 3.63) is 96.0 Å². The predicted octanol–water partition coefficient (Wildman–Crippen LogP) is 7.96. The molecule has 6 rings (SSSR count). The molecule has 0 unspecified atom stereocenters. The van der Waals surface area contributed by atoms with Crippen molar-refractivity contribution in [2.45, 2.75) is 0 Å². The van der Waals surface area contributed by atoms with Crippen LogP contribution in [-0.2, 0) is 0 Å². The average molecular weight is 363 g/mol. The van der Waals surface area contributed by atoms with E-state index < -0.39 is 0 Å². The van der Waals surface area contributed by atoms with E-state index in [0.717, 1.165) is 5.02 Å². The van der Waals surface area contributed by atoms with Gasteiger partial charge in [-0.05, 0) is 73.1 Å². The van der Waals surface area contributed by atoms with Crippen molar-refractivity contribution in [3.63, 3.8) is 0 Å². The fourth-order valence-corrected chi connectivity index (χ4v) is 4.71. The normalized spacial score (nSPS) is 11.9. The van der Waals surface area contributed by atoms with Crippen molar-refractivity contribution >= 4 is 33.1 Å². The summed E-state index contributed by atoms with van der Waals surface area (Å²) in [6.07, 6.45) is 0. The Balaban J connectivity index is 1.97. The van der Waals surface area contributed by atoms with E-state index in [1.54, 1.807) is 0 Å². The lowest BCUT2D eigenvalue weighted by atomic mass is 9.89. The van der Waals surface area contributed by atoms with Gasteiger partial charge in [0.15, 0.2) is 0 Å². The monoisotopic (exact) mass is 362 g/mol. The molecule has 0 aliphatic heterocycles. The fraction of sp³-hybridized carbons (Fsp3) is 0. The molecule has 27 heavy (non-hydrogen) atoms. The highest BCUT2D eigenvalue weighted by Crippen LogP contribution is 2.49. The molecule has 5 aromatic rings. The van der Waals surface area contributed by atoms with Crippen LogP contribution in [0.15, 0.2) is 91.0 Å². The average Bonchev–Trinajstić information content (AvgIpc) is 2.84. The third kappa shape index (κ3) is 2.05. The number of rotatable bonds is 0. The summed E-state index contributed by atoms with van der Waals surface area (Å²) in [5.74, 6) is 0. The standard InChI is InChI=1S/C26H15Cl/c27-18-13-12-16-14-17-6-5-11-22-20-8-2-1-7-19(20)21-9-3-4-10-23(21)26(25(17)22)24(16)15-18/h1-15H. The Bertz CT molecular complexity index is 1380. The van der Waals surface area contributed by atoms with Crippen LogP contribution in [0.4, 0.5) is 0 Å². The Hall–Kier alpha value is -3.09. The molecule has 0 bridgehead atoms. The minimum atomic E-state index is 0.773. The van der Waals surface area contributed by atoms with E-state index in [1.807, 2.05) is 6.07 Å². The highest BCUT2D eigenvalue weighted by Gasteiger charge is 2.22. The summed E-state index contributed by atoms with van der Waals surface area (Å²) >= 11 is 6.41. The Morgan fingerprint density at radius 2 is 1.11 bits per heavy atom. The number of hydrogen-bond acceptors (Lipinski definition) is 0. The lowest BCUT2D eigenvalue weighted by Crippen LogP contribution is -1.87. The van der Waals surface area contributed by atoms with Crippen LogP contribution in [0.1, 0.15) is 0 Å². The first-order valence-electron chi connectivity index (χ1n) is 9.15. The Kier molecular flexibility index (Phi) is 3.03. The summed E-state index contributed by atoms with van der Waals surface area (Å²) < 4.78 is 0. The van der Waals surface area contributed by atoms with E-state index in [-0.39, 0.29) is 0 Å². The predicted molar refractivity (Wildman–Crippen MR) is 116 cm³/mol. The van der Waals surface area contributed by atoms with Gasteiger partial charge in [-0.2, -0.15) is 0 Å². The van der Waals surface area contributed by atoms with E-state index in [9.17, 15) is 0 Å². The molecule has 0 heterocycles. The van der Waals surface area contributed by atoms with Crippen LogP contribution in [0.25, 0.3) is 54.9 Å². The Labute approximate surface area is 162 Å². The van der Waals surface area contributed by atoms with Gasteiger partial charge in [-0.25, -0.2) is 0 Å². The minimum absolute atomic E-state index is 0.773. The van der Waals surface area contributed by atoms with Gasteiger partial charge in [0.1, 0.15) is 0 Å². The number of hydrogen-bond donors (Lipinski definition) is 0. The SMILES string of the molecule is Clc1ccc2cc3cccc4c3c(c2c1)-c1ccccc1-c1ccccc1-4. The van der Waals surface area contributed by atoms with Gasteiger partial charge < -0.3 is 0 Å². The van der Waals surface area contributed by atoms with E-state index in [2.05, 4.69) is 84.9 Å². The smallest absolute Gasteiger partial charge is 0.0412 e. The molecule has 0 saturated heterocycles. The maximum atomic E-state index is 6.41. The summed E-state index contributed by atoms with van der Waals surface area (Å²) in [7, 11) is 0. The van der Waals surface area contributed by atoms with Crippen LogP contribution in [0.3, 0.4) is 0 Å². The van der Waals surface area contributed by atoms with E-state index in [1.165, 1.54) is 54.9 Å². The van der Waals surface area contributed by atoms with Gasteiger partial charge in [-0.15, -0.1) is 0 Å². The lowest BCUT2D eigenvalue weighted by Gasteiger charge is -2.14. The third-order valence-corrected chi connectivity index (χ3v) is 5.88. The van der Waals surface area contributed by atoms with Crippen molar-refractivity contribution in [2.24, 2.45) is 0 Å². The van der Waals surface area contributed by atoms with Crippen LogP contribution in [0.2, 0.25) is 5.02 Å².